The summed E-state index contributed by atoms with van der Waals surface area (Å²) in [4.78, 5) is 12.3. The van der Waals surface area contributed by atoms with E-state index in [1.165, 1.54) is 25.3 Å². The van der Waals surface area contributed by atoms with E-state index in [0.717, 1.165) is 12.8 Å². The minimum atomic E-state index is -3.00. The Labute approximate surface area is 126 Å². The molecule has 5 nitrogen and oxygen atoms in total. The van der Waals surface area contributed by atoms with Crippen LogP contribution in [0.25, 0.3) is 0 Å². The van der Waals surface area contributed by atoms with E-state index >= 15 is 0 Å². The van der Waals surface area contributed by atoms with Gasteiger partial charge in [0.1, 0.15) is 5.41 Å². The monoisotopic (exact) mass is 310 g/mol. The predicted octanol–water partition coefficient (Wildman–Crippen LogP) is 3.32. The lowest BCUT2D eigenvalue weighted by atomic mass is 9.87. The number of hydrogen-bond donors (Lipinski definition) is 1. The second kappa shape index (κ2) is 6.60. The second-order valence-electron chi connectivity index (χ2n) is 5.10. The SMILES string of the molecule is COc1ccc(NC(=O)C2(C#N)CCCC2)cc1OC(F)F. The number of alkyl halides is 2. The molecule has 1 aliphatic carbocycles. The second-order valence-corrected chi connectivity index (χ2v) is 5.10. The van der Waals surface area contributed by atoms with Gasteiger partial charge in [0.2, 0.25) is 5.91 Å². The summed E-state index contributed by atoms with van der Waals surface area (Å²) in [6, 6.07) is 6.26. The fraction of sp³-hybridized carbons (Fsp3) is 0.467. The van der Waals surface area contributed by atoms with Gasteiger partial charge in [0.25, 0.3) is 0 Å². The van der Waals surface area contributed by atoms with E-state index in [2.05, 4.69) is 16.1 Å². The van der Waals surface area contributed by atoms with Gasteiger partial charge in [-0.25, -0.2) is 0 Å². The third kappa shape index (κ3) is 3.27. The molecule has 0 spiro atoms. The van der Waals surface area contributed by atoms with Crippen molar-refractivity contribution in [2.24, 2.45) is 5.41 Å². The Hall–Kier alpha value is -2.36. The Morgan fingerprint density at radius 1 is 1.36 bits per heavy atom. The zero-order chi connectivity index (χ0) is 16.2. The summed E-state index contributed by atoms with van der Waals surface area (Å²) in [5, 5.41) is 11.9. The van der Waals surface area contributed by atoms with Crippen molar-refractivity contribution in [1.82, 2.24) is 0 Å². The fourth-order valence-electron chi connectivity index (χ4n) is 2.56. The molecule has 1 saturated carbocycles. The zero-order valence-electron chi connectivity index (χ0n) is 12.1. The Bertz CT molecular complexity index is 593. The molecule has 0 bridgehead atoms. The number of benzene rings is 1. The molecular formula is C15H16F2N2O3. The summed E-state index contributed by atoms with van der Waals surface area (Å²) in [7, 11) is 1.33. The molecule has 0 aliphatic heterocycles. The van der Waals surface area contributed by atoms with E-state index in [4.69, 9.17) is 4.74 Å². The van der Waals surface area contributed by atoms with Gasteiger partial charge in [-0.1, -0.05) is 12.8 Å². The van der Waals surface area contributed by atoms with Crippen molar-refractivity contribution in [1.29, 1.82) is 5.26 Å². The van der Waals surface area contributed by atoms with Crippen molar-refractivity contribution in [3.05, 3.63) is 18.2 Å². The average molecular weight is 310 g/mol. The quantitative estimate of drug-likeness (QED) is 0.905. The van der Waals surface area contributed by atoms with Crippen LogP contribution in [0.15, 0.2) is 18.2 Å². The molecule has 7 heteroatoms. The van der Waals surface area contributed by atoms with Crippen LogP contribution in [0.4, 0.5) is 14.5 Å². The third-order valence-electron chi connectivity index (χ3n) is 3.74. The van der Waals surface area contributed by atoms with Gasteiger partial charge in [-0.3, -0.25) is 4.79 Å². The highest BCUT2D eigenvalue weighted by Gasteiger charge is 2.41. The number of nitrogens with one attached hydrogen (secondary N) is 1. The molecular weight excluding hydrogens is 294 g/mol. The molecule has 1 amide bonds. The van der Waals surface area contributed by atoms with Gasteiger partial charge in [-0.05, 0) is 25.0 Å². The van der Waals surface area contributed by atoms with E-state index in [0.29, 0.717) is 12.8 Å². The van der Waals surface area contributed by atoms with Crippen molar-refractivity contribution in [2.45, 2.75) is 32.3 Å². The summed E-state index contributed by atoms with van der Waals surface area (Å²) in [5.41, 5.74) is -0.758. The summed E-state index contributed by atoms with van der Waals surface area (Å²) < 4.78 is 34.1. The first-order valence-electron chi connectivity index (χ1n) is 6.86. The molecule has 1 aliphatic rings. The normalized spacial score (nSPS) is 16.1. The molecule has 0 radical (unpaired) electrons. The molecule has 1 aromatic rings. The largest absolute Gasteiger partial charge is 0.493 e. The molecule has 2 rings (SSSR count). The lowest BCUT2D eigenvalue weighted by molar-refractivity contribution is -0.122. The molecule has 118 valence electrons. The summed E-state index contributed by atoms with van der Waals surface area (Å²) >= 11 is 0. The van der Waals surface area contributed by atoms with Crippen molar-refractivity contribution in [3.8, 4) is 17.6 Å². The van der Waals surface area contributed by atoms with Crippen LogP contribution < -0.4 is 14.8 Å². The van der Waals surface area contributed by atoms with Crippen LogP contribution in [0.2, 0.25) is 0 Å². The van der Waals surface area contributed by atoms with Gasteiger partial charge in [-0.2, -0.15) is 14.0 Å². The van der Waals surface area contributed by atoms with Crippen LogP contribution in [0, 0.1) is 16.7 Å². The van der Waals surface area contributed by atoms with Crippen LogP contribution in [0.3, 0.4) is 0 Å². The first-order valence-corrected chi connectivity index (χ1v) is 6.86. The predicted molar refractivity (Wildman–Crippen MR) is 74.8 cm³/mol. The van der Waals surface area contributed by atoms with Crippen LogP contribution in [0.5, 0.6) is 11.5 Å². The van der Waals surface area contributed by atoms with Gasteiger partial charge in [0.15, 0.2) is 11.5 Å². The Morgan fingerprint density at radius 3 is 2.59 bits per heavy atom. The number of carbonyl (C=O) groups is 1. The topological polar surface area (TPSA) is 71.3 Å². The number of halogens is 2. The molecule has 0 unspecified atom stereocenters. The number of carbonyl (C=O) groups excluding carboxylic acids is 1. The highest BCUT2D eigenvalue weighted by molar-refractivity contribution is 5.97. The minimum absolute atomic E-state index is 0.133. The van der Waals surface area contributed by atoms with Crippen molar-refractivity contribution < 1.29 is 23.0 Å². The molecule has 1 N–H and O–H groups in total. The van der Waals surface area contributed by atoms with Gasteiger partial charge in [0.05, 0.1) is 13.2 Å². The number of rotatable bonds is 5. The number of amides is 1. The standard InChI is InChI=1S/C15H16F2N2O3/c1-21-11-5-4-10(8-12(11)22-14(16)17)19-13(20)15(9-18)6-2-3-7-15/h4-5,8,14H,2-3,6-7H2,1H3,(H,19,20). The molecule has 0 atom stereocenters. The highest BCUT2D eigenvalue weighted by Crippen LogP contribution is 2.39. The molecule has 0 aromatic heterocycles. The van der Waals surface area contributed by atoms with E-state index < -0.39 is 17.9 Å². The number of anilines is 1. The van der Waals surface area contributed by atoms with Crippen LogP contribution in [-0.4, -0.2) is 19.6 Å². The maximum Gasteiger partial charge on any atom is 0.387 e. The Morgan fingerprint density at radius 2 is 2.05 bits per heavy atom. The number of nitrogens with zero attached hydrogens (tertiary/aromatic N) is 1. The third-order valence-corrected chi connectivity index (χ3v) is 3.74. The van der Waals surface area contributed by atoms with E-state index in [1.54, 1.807) is 0 Å². The zero-order valence-corrected chi connectivity index (χ0v) is 12.1. The lowest BCUT2D eigenvalue weighted by Crippen LogP contribution is -2.32. The van der Waals surface area contributed by atoms with Crippen LogP contribution in [-0.2, 0) is 4.79 Å². The molecule has 0 heterocycles. The number of methoxy groups -OCH3 is 1. The fourth-order valence-corrected chi connectivity index (χ4v) is 2.56. The van der Waals surface area contributed by atoms with Gasteiger partial charge in [-0.15, -0.1) is 0 Å². The average Bonchev–Trinajstić information content (AvgIpc) is 2.97. The van der Waals surface area contributed by atoms with E-state index in [1.807, 2.05) is 0 Å². The van der Waals surface area contributed by atoms with E-state index in [-0.39, 0.29) is 17.2 Å². The summed E-state index contributed by atoms with van der Waals surface area (Å²) in [5.74, 6) is -0.456. The smallest absolute Gasteiger partial charge is 0.387 e. The van der Waals surface area contributed by atoms with Crippen molar-refractivity contribution >= 4 is 11.6 Å². The summed E-state index contributed by atoms with van der Waals surface area (Å²) in [6.07, 6.45) is 2.66. The molecule has 1 fully saturated rings. The van der Waals surface area contributed by atoms with Crippen LogP contribution in [0.1, 0.15) is 25.7 Å². The van der Waals surface area contributed by atoms with Gasteiger partial charge < -0.3 is 14.8 Å². The van der Waals surface area contributed by atoms with Crippen molar-refractivity contribution in [2.75, 3.05) is 12.4 Å². The number of hydrogen-bond acceptors (Lipinski definition) is 4. The maximum absolute atomic E-state index is 12.4. The van der Waals surface area contributed by atoms with E-state index in [9.17, 15) is 18.8 Å². The van der Waals surface area contributed by atoms with Crippen LogP contribution >= 0.6 is 0 Å². The maximum atomic E-state index is 12.4. The first kappa shape index (κ1) is 16.0. The Balaban J connectivity index is 2.19. The van der Waals surface area contributed by atoms with Gasteiger partial charge in [0, 0.05) is 11.8 Å². The summed E-state index contributed by atoms with van der Waals surface area (Å²) in [6.45, 7) is -3.00. The van der Waals surface area contributed by atoms with Gasteiger partial charge >= 0.3 is 6.61 Å². The first-order chi connectivity index (χ1) is 10.5. The Kier molecular flexibility index (Phi) is 4.81. The number of ether oxygens (including phenoxy) is 2. The minimum Gasteiger partial charge on any atom is -0.493 e. The number of nitriles is 1. The molecule has 22 heavy (non-hydrogen) atoms. The van der Waals surface area contributed by atoms with Crippen molar-refractivity contribution in [3.63, 3.8) is 0 Å². The highest BCUT2D eigenvalue weighted by atomic mass is 19.3. The molecule has 1 aromatic carbocycles. The lowest BCUT2D eigenvalue weighted by Gasteiger charge is -2.20. The molecule has 0 saturated heterocycles.